The van der Waals surface area contributed by atoms with Crippen LogP contribution in [0.5, 0.6) is 0 Å². The third-order valence-corrected chi connectivity index (χ3v) is 4.06. The van der Waals surface area contributed by atoms with E-state index in [9.17, 15) is 30.5 Å². The number of hydrogen-bond acceptors (Lipinski definition) is 7. The highest BCUT2D eigenvalue weighted by Crippen LogP contribution is 2.32. The molecule has 9 heteroatoms. The molecule has 5 atom stereocenters. The topological polar surface area (TPSA) is 138 Å². The number of aromatic nitrogens is 1. The van der Waals surface area contributed by atoms with Crippen molar-refractivity contribution in [3.8, 4) is 0 Å². The van der Waals surface area contributed by atoms with Crippen molar-refractivity contribution in [3.05, 3.63) is 40.6 Å². The van der Waals surface area contributed by atoms with Crippen molar-refractivity contribution in [3.63, 3.8) is 0 Å². The first-order valence-corrected chi connectivity index (χ1v) is 6.99. The molecule has 0 radical (unpaired) electrons. The highest BCUT2D eigenvalue weighted by molar-refractivity contribution is 5.82. The molecule has 0 bridgehead atoms. The second kappa shape index (κ2) is 5.87. The van der Waals surface area contributed by atoms with E-state index in [2.05, 4.69) is 0 Å². The summed E-state index contributed by atoms with van der Waals surface area (Å²) in [5.74, 6) is 0. The molecule has 1 aliphatic rings. The molecular formula is C14H16N2O7. The molecule has 1 saturated heterocycles. The third-order valence-electron chi connectivity index (χ3n) is 4.06. The normalized spacial score (nSPS) is 31.4. The van der Waals surface area contributed by atoms with Crippen LogP contribution in [-0.4, -0.2) is 60.9 Å². The lowest BCUT2D eigenvalue weighted by atomic mass is 9.98. The van der Waals surface area contributed by atoms with Gasteiger partial charge in [0.2, 0.25) is 0 Å². The number of aliphatic hydroxyl groups is 4. The number of non-ortho nitro benzene ring substituents is 1. The van der Waals surface area contributed by atoms with Gasteiger partial charge >= 0.3 is 0 Å². The maximum Gasteiger partial charge on any atom is 0.270 e. The number of nitro groups is 1. The SMILES string of the molecule is O=[N+]([O-])c1ccc2c(ccn2C2OC(CO)[C@H](O)[C@H](O)[C@H]2O)c1. The summed E-state index contributed by atoms with van der Waals surface area (Å²) < 4.78 is 6.98. The lowest BCUT2D eigenvalue weighted by Gasteiger charge is -2.40. The van der Waals surface area contributed by atoms with Crippen molar-refractivity contribution < 1.29 is 30.1 Å². The third kappa shape index (κ3) is 2.58. The fourth-order valence-electron chi connectivity index (χ4n) is 2.80. The van der Waals surface area contributed by atoms with Gasteiger partial charge in [-0.05, 0) is 12.1 Å². The maximum atomic E-state index is 10.8. The summed E-state index contributed by atoms with van der Waals surface area (Å²) in [5.41, 5.74) is 0.490. The van der Waals surface area contributed by atoms with Gasteiger partial charge in [-0.3, -0.25) is 10.1 Å². The Morgan fingerprint density at radius 3 is 2.57 bits per heavy atom. The van der Waals surface area contributed by atoms with Crippen LogP contribution in [0.1, 0.15) is 6.23 Å². The van der Waals surface area contributed by atoms with Crippen LogP contribution in [0.4, 0.5) is 5.69 Å². The number of ether oxygens (including phenoxy) is 1. The number of nitrogens with zero attached hydrogens (tertiary/aromatic N) is 2. The van der Waals surface area contributed by atoms with E-state index in [-0.39, 0.29) is 5.69 Å². The minimum Gasteiger partial charge on any atom is -0.394 e. The van der Waals surface area contributed by atoms with Gasteiger partial charge in [-0.15, -0.1) is 0 Å². The average molecular weight is 324 g/mol. The summed E-state index contributed by atoms with van der Waals surface area (Å²) in [6.07, 6.45) is -4.84. The molecule has 4 N–H and O–H groups in total. The van der Waals surface area contributed by atoms with Gasteiger partial charge < -0.3 is 29.7 Å². The largest absolute Gasteiger partial charge is 0.394 e. The molecule has 9 nitrogen and oxygen atoms in total. The van der Waals surface area contributed by atoms with Gasteiger partial charge in [0.25, 0.3) is 5.69 Å². The summed E-state index contributed by atoms with van der Waals surface area (Å²) in [6.45, 7) is -0.522. The summed E-state index contributed by atoms with van der Waals surface area (Å²) in [4.78, 5) is 10.3. The van der Waals surface area contributed by atoms with Gasteiger partial charge in [0, 0.05) is 23.7 Å². The van der Waals surface area contributed by atoms with E-state index in [0.717, 1.165) is 0 Å². The smallest absolute Gasteiger partial charge is 0.270 e. The number of rotatable bonds is 3. The lowest BCUT2D eigenvalue weighted by Crippen LogP contribution is -2.56. The minimum atomic E-state index is -1.48. The fraction of sp³-hybridized carbons (Fsp3) is 0.429. The van der Waals surface area contributed by atoms with Crippen LogP contribution in [0.25, 0.3) is 10.9 Å². The molecule has 124 valence electrons. The van der Waals surface area contributed by atoms with Crippen molar-refractivity contribution in [2.24, 2.45) is 0 Å². The van der Waals surface area contributed by atoms with E-state index in [0.29, 0.717) is 10.9 Å². The summed E-state index contributed by atoms with van der Waals surface area (Å²) >= 11 is 0. The zero-order valence-corrected chi connectivity index (χ0v) is 11.9. The summed E-state index contributed by atoms with van der Waals surface area (Å²) in [7, 11) is 0. The van der Waals surface area contributed by atoms with E-state index in [1.54, 1.807) is 12.3 Å². The van der Waals surface area contributed by atoms with Gasteiger partial charge in [-0.2, -0.15) is 0 Å². The molecular weight excluding hydrogens is 308 g/mol. The number of hydrogen-bond donors (Lipinski definition) is 4. The molecule has 1 fully saturated rings. The maximum absolute atomic E-state index is 10.8. The van der Waals surface area contributed by atoms with Crippen LogP contribution in [0.3, 0.4) is 0 Å². The van der Waals surface area contributed by atoms with Gasteiger partial charge in [0.1, 0.15) is 24.4 Å². The molecule has 2 aromatic rings. The first kappa shape index (κ1) is 15.8. The Morgan fingerprint density at radius 2 is 1.91 bits per heavy atom. The van der Waals surface area contributed by atoms with Crippen LogP contribution >= 0.6 is 0 Å². The zero-order chi connectivity index (χ0) is 16.7. The molecule has 2 heterocycles. The van der Waals surface area contributed by atoms with Gasteiger partial charge in [-0.1, -0.05) is 0 Å². The van der Waals surface area contributed by atoms with Crippen LogP contribution in [0.15, 0.2) is 30.5 Å². The Kier molecular flexibility index (Phi) is 4.04. The first-order valence-electron chi connectivity index (χ1n) is 6.99. The monoisotopic (exact) mass is 324 g/mol. The molecule has 1 aliphatic heterocycles. The van der Waals surface area contributed by atoms with Crippen LogP contribution in [0, 0.1) is 10.1 Å². The van der Waals surface area contributed by atoms with Crippen molar-refractivity contribution in [2.75, 3.05) is 6.61 Å². The van der Waals surface area contributed by atoms with Crippen LogP contribution in [-0.2, 0) is 4.74 Å². The lowest BCUT2D eigenvalue weighted by molar-refractivity contribution is -0.384. The Morgan fingerprint density at radius 1 is 1.17 bits per heavy atom. The quantitative estimate of drug-likeness (QED) is 0.442. The predicted molar refractivity (Wildman–Crippen MR) is 77.6 cm³/mol. The Bertz CT molecular complexity index is 729. The molecule has 0 saturated carbocycles. The molecule has 0 aliphatic carbocycles. The highest BCUT2D eigenvalue weighted by Gasteiger charge is 2.44. The van der Waals surface area contributed by atoms with Crippen molar-refractivity contribution in [2.45, 2.75) is 30.6 Å². The standard InChI is InChI=1S/C14H16N2O7/c17-6-10-11(18)12(19)13(20)14(23-10)15-4-3-7-5-8(16(21)22)1-2-9(7)15/h1-5,10-14,17-20H,6H2/t10?,11-,12-,13+,14?/m0/s1. The fourth-order valence-corrected chi connectivity index (χ4v) is 2.80. The van der Waals surface area contributed by atoms with Crippen LogP contribution < -0.4 is 0 Å². The van der Waals surface area contributed by atoms with E-state index >= 15 is 0 Å². The predicted octanol–water partition coefficient (Wildman–Crippen LogP) is -0.478. The second-order valence-corrected chi connectivity index (χ2v) is 5.44. The number of aliphatic hydroxyl groups excluding tert-OH is 4. The van der Waals surface area contributed by atoms with E-state index in [1.165, 1.54) is 22.8 Å². The summed E-state index contributed by atoms with van der Waals surface area (Å²) in [5, 5.41) is 50.4. The van der Waals surface area contributed by atoms with Crippen molar-refractivity contribution in [1.82, 2.24) is 4.57 Å². The molecule has 2 unspecified atom stereocenters. The summed E-state index contributed by atoms with van der Waals surface area (Å²) in [6, 6.07) is 5.83. The first-order chi connectivity index (χ1) is 10.9. The van der Waals surface area contributed by atoms with Gasteiger partial charge in [0.05, 0.1) is 17.0 Å². The number of fused-ring (bicyclic) bond motifs is 1. The molecule has 1 aromatic carbocycles. The zero-order valence-electron chi connectivity index (χ0n) is 11.9. The number of nitro benzene ring substituents is 1. The molecule has 3 rings (SSSR count). The Hall–Kier alpha value is -2.04. The van der Waals surface area contributed by atoms with Gasteiger partial charge in [0.15, 0.2) is 6.23 Å². The number of benzene rings is 1. The molecule has 1 aromatic heterocycles. The van der Waals surface area contributed by atoms with E-state index in [4.69, 9.17) is 4.74 Å². The Labute approximate surface area is 130 Å². The van der Waals surface area contributed by atoms with Crippen molar-refractivity contribution >= 4 is 16.6 Å². The van der Waals surface area contributed by atoms with Gasteiger partial charge in [-0.25, -0.2) is 0 Å². The second-order valence-electron chi connectivity index (χ2n) is 5.44. The molecule has 23 heavy (non-hydrogen) atoms. The van der Waals surface area contributed by atoms with Crippen LogP contribution in [0.2, 0.25) is 0 Å². The molecule has 0 amide bonds. The average Bonchev–Trinajstić information content (AvgIpc) is 2.96. The Balaban J connectivity index is 2.00. The van der Waals surface area contributed by atoms with E-state index < -0.39 is 42.2 Å². The highest BCUT2D eigenvalue weighted by atomic mass is 16.6. The molecule has 0 spiro atoms. The van der Waals surface area contributed by atoms with Crippen molar-refractivity contribution in [1.29, 1.82) is 0 Å². The minimum absolute atomic E-state index is 0.0657. The van der Waals surface area contributed by atoms with E-state index in [1.807, 2.05) is 0 Å².